The summed E-state index contributed by atoms with van der Waals surface area (Å²) in [6.45, 7) is 6.03. The predicted octanol–water partition coefficient (Wildman–Crippen LogP) is 2.52. The van der Waals surface area contributed by atoms with Crippen molar-refractivity contribution in [3.05, 3.63) is 34.8 Å². The van der Waals surface area contributed by atoms with Crippen molar-refractivity contribution >= 4 is 27.6 Å². The van der Waals surface area contributed by atoms with Crippen molar-refractivity contribution in [1.82, 2.24) is 10.2 Å². The molecule has 0 atom stereocenters. The van der Waals surface area contributed by atoms with E-state index in [-0.39, 0.29) is 5.63 Å². The molecule has 0 aliphatic rings. The van der Waals surface area contributed by atoms with Crippen molar-refractivity contribution in [1.29, 1.82) is 0 Å². The zero-order valence-electron chi connectivity index (χ0n) is 10.9. The third kappa shape index (κ3) is 1.78. The van der Waals surface area contributed by atoms with E-state index in [1.807, 2.05) is 18.2 Å². The van der Waals surface area contributed by atoms with E-state index in [4.69, 9.17) is 4.42 Å². The van der Waals surface area contributed by atoms with E-state index in [1.165, 1.54) is 0 Å². The Balaban J connectivity index is 2.29. The highest BCUT2D eigenvalue weighted by molar-refractivity contribution is 6.03. The van der Waals surface area contributed by atoms with Gasteiger partial charge in [-0.2, -0.15) is 5.10 Å². The molecule has 0 saturated heterocycles. The lowest BCUT2D eigenvalue weighted by Gasteiger charge is -2.20. The Hall–Kier alpha value is -2.30. The Morgan fingerprint density at radius 2 is 2.05 bits per heavy atom. The molecule has 0 radical (unpaired) electrons. The van der Waals surface area contributed by atoms with Crippen LogP contribution >= 0.6 is 0 Å². The fraction of sp³-hybridized carbons (Fsp3) is 0.286. The minimum Gasteiger partial charge on any atom is -0.421 e. The van der Waals surface area contributed by atoms with Gasteiger partial charge in [0.15, 0.2) is 5.52 Å². The van der Waals surface area contributed by atoms with Gasteiger partial charge in [-0.15, -0.1) is 0 Å². The van der Waals surface area contributed by atoms with Crippen LogP contribution in [0, 0.1) is 0 Å². The lowest BCUT2D eigenvalue weighted by molar-refractivity contribution is 0.567. The maximum absolute atomic E-state index is 11.8. The summed E-state index contributed by atoms with van der Waals surface area (Å²) in [5.41, 5.74) is 1.70. The molecule has 1 aromatic carbocycles. The smallest absolute Gasteiger partial charge is 0.362 e. The van der Waals surface area contributed by atoms with Crippen LogP contribution in [0.25, 0.3) is 21.9 Å². The summed E-state index contributed by atoms with van der Waals surface area (Å²) >= 11 is 0. The maximum Gasteiger partial charge on any atom is 0.362 e. The molecular weight excluding hydrogens is 242 g/mol. The number of aromatic amines is 1. The highest BCUT2D eigenvalue weighted by Gasteiger charge is 2.10. The van der Waals surface area contributed by atoms with E-state index >= 15 is 0 Å². The monoisotopic (exact) mass is 257 g/mol. The standard InChI is InChI=1S/C14H15N3O2/c1-3-17(4-2)9-5-6-10-11-8-15-16-13(11)14(18)19-12(10)7-9/h5-8H,3-4H2,1-2H3,(H,15,16). The molecule has 0 saturated carbocycles. The molecule has 0 amide bonds. The number of hydrogen-bond donors (Lipinski definition) is 1. The number of H-pyrrole nitrogens is 1. The predicted molar refractivity (Wildman–Crippen MR) is 75.7 cm³/mol. The van der Waals surface area contributed by atoms with E-state index in [0.29, 0.717) is 11.1 Å². The summed E-state index contributed by atoms with van der Waals surface area (Å²) in [5, 5.41) is 8.28. The zero-order chi connectivity index (χ0) is 13.4. The van der Waals surface area contributed by atoms with Crippen LogP contribution in [0.3, 0.4) is 0 Å². The number of hydrogen-bond acceptors (Lipinski definition) is 4. The van der Waals surface area contributed by atoms with Gasteiger partial charge in [-0.05, 0) is 26.0 Å². The van der Waals surface area contributed by atoms with E-state index < -0.39 is 0 Å². The molecular formula is C14H15N3O2. The summed E-state index contributed by atoms with van der Waals surface area (Å²) in [6.07, 6.45) is 1.66. The van der Waals surface area contributed by atoms with Crippen LogP contribution in [0.5, 0.6) is 0 Å². The van der Waals surface area contributed by atoms with E-state index in [1.54, 1.807) is 6.20 Å². The molecule has 5 nitrogen and oxygen atoms in total. The van der Waals surface area contributed by atoms with E-state index in [2.05, 4.69) is 28.9 Å². The SMILES string of the molecule is CCN(CC)c1ccc2c(c1)oc(=O)c1[nH]ncc12. The Morgan fingerprint density at radius 3 is 2.79 bits per heavy atom. The van der Waals surface area contributed by atoms with Gasteiger partial charge in [-0.3, -0.25) is 5.10 Å². The quantitative estimate of drug-likeness (QED) is 0.732. The average molecular weight is 257 g/mol. The van der Waals surface area contributed by atoms with Gasteiger partial charge in [-0.1, -0.05) is 0 Å². The van der Waals surface area contributed by atoms with E-state index in [9.17, 15) is 4.79 Å². The second-order valence-corrected chi connectivity index (χ2v) is 4.40. The van der Waals surface area contributed by atoms with Crippen LogP contribution in [-0.2, 0) is 0 Å². The summed E-state index contributed by atoms with van der Waals surface area (Å²) in [5.74, 6) is 0. The lowest BCUT2D eigenvalue weighted by Crippen LogP contribution is -2.21. The Bertz CT molecular complexity index is 784. The summed E-state index contributed by atoms with van der Waals surface area (Å²) in [6, 6.07) is 5.93. The van der Waals surface area contributed by atoms with Crippen molar-refractivity contribution in [3.8, 4) is 0 Å². The largest absolute Gasteiger partial charge is 0.421 e. The summed E-state index contributed by atoms with van der Waals surface area (Å²) in [7, 11) is 0. The number of fused-ring (bicyclic) bond motifs is 3. The van der Waals surface area contributed by atoms with Gasteiger partial charge >= 0.3 is 5.63 Å². The maximum atomic E-state index is 11.8. The molecule has 2 heterocycles. The molecule has 3 rings (SSSR count). The number of rotatable bonds is 3. The Morgan fingerprint density at radius 1 is 1.26 bits per heavy atom. The van der Waals surface area contributed by atoms with Crippen LogP contribution in [0.4, 0.5) is 5.69 Å². The molecule has 0 aliphatic carbocycles. The van der Waals surface area contributed by atoms with Crippen LogP contribution < -0.4 is 10.5 Å². The third-order valence-electron chi connectivity index (χ3n) is 3.43. The Kier molecular flexibility index (Phi) is 2.74. The zero-order valence-corrected chi connectivity index (χ0v) is 10.9. The molecule has 98 valence electrons. The topological polar surface area (TPSA) is 62.1 Å². The number of anilines is 1. The fourth-order valence-corrected chi connectivity index (χ4v) is 2.40. The highest BCUT2D eigenvalue weighted by Crippen LogP contribution is 2.25. The first-order chi connectivity index (χ1) is 9.24. The van der Waals surface area contributed by atoms with E-state index in [0.717, 1.165) is 29.5 Å². The van der Waals surface area contributed by atoms with Gasteiger partial charge in [0.1, 0.15) is 5.58 Å². The number of nitrogens with one attached hydrogen (secondary N) is 1. The Labute approximate surface area is 109 Å². The fourth-order valence-electron chi connectivity index (χ4n) is 2.40. The molecule has 0 unspecified atom stereocenters. The van der Waals surface area contributed by atoms with Gasteiger partial charge in [0.2, 0.25) is 0 Å². The summed E-state index contributed by atoms with van der Waals surface area (Å²) < 4.78 is 5.36. The minimum absolute atomic E-state index is 0.378. The van der Waals surface area contributed by atoms with Crippen molar-refractivity contribution in [2.45, 2.75) is 13.8 Å². The van der Waals surface area contributed by atoms with Crippen LogP contribution in [0.2, 0.25) is 0 Å². The molecule has 5 heteroatoms. The second-order valence-electron chi connectivity index (χ2n) is 4.40. The van der Waals surface area contributed by atoms with Crippen LogP contribution in [0.1, 0.15) is 13.8 Å². The lowest BCUT2D eigenvalue weighted by atomic mass is 10.1. The number of benzene rings is 1. The molecule has 19 heavy (non-hydrogen) atoms. The first-order valence-electron chi connectivity index (χ1n) is 6.39. The van der Waals surface area contributed by atoms with Gasteiger partial charge in [0, 0.05) is 35.6 Å². The molecule has 1 N–H and O–H groups in total. The third-order valence-corrected chi connectivity index (χ3v) is 3.43. The van der Waals surface area contributed by atoms with Gasteiger partial charge in [0.05, 0.1) is 6.20 Å². The first kappa shape index (κ1) is 11.8. The van der Waals surface area contributed by atoms with Gasteiger partial charge < -0.3 is 9.32 Å². The van der Waals surface area contributed by atoms with Crippen molar-refractivity contribution < 1.29 is 4.42 Å². The summed E-state index contributed by atoms with van der Waals surface area (Å²) in [4.78, 5) is 14.0. The normalized spacial score (nSPS) is 11.3. The molecule has 3 aromatic rings. The van der Waals surface area contributed by atoms with Crippen molar-refractivity contribution in [2.75, 3.05) is 18.0 Å². The molecule has 0 bridgehead atoms. The minimum atomic E-state index is -0.378. The van der Waals surface area contributed by atoms with Gasteiger partial charge in [-0.25, -0.2) is 4.79 Å². The van der Waals surface area contributed by atoms with Crippen LogP contribution in [0.15, 0.2) is 33.6 Å². The van der Waals surface area contributed by atoms with Crippen molar-refractivity contribution in [3.63, 3.8) is 0 Å². The molecule has 0 fully saturated rings. The average Bonchev–Trinajstić information content (AvgIpc) is 2.90. The van der Waals surface area contributed by atoms with Gasteiger partial charge in [0.25, 0.3) is 0 Å². The van der Waals surface area contributed by atoms with Crippen molar-refractivity contribution in [2.24, 2.45) is 0 Å². The number of aromatic nitrogens is 2. The molecule has 2 aromatic heterocycles. The second kappa shape index (κ2) is 4.42. The van der Waals surface area contributed by atoms with Crippen LogP contribution in [-0.4, -0.2) is 23.3 Å². The molecule has 0 spiro atoms. The number of nitrogens with zero attached hydrogens (tertiary/aromatic N) is 2. The first-order valence-corrected chi connectivity index (χ1v) is 6.39. The highest BCUT2D eigenvalue weighted by atomic mass is 16.4. The molecule has 0 aliphatic heterocycles.